The first-order valence-corrected chi connectivity index (χ1v) is 5.73. The second kappa shape index (κ2) is 3.71. The lowest BCUT2D eigenvalue weighted by Crippen LogP contribution is -1.92. The highest BCUT2D eigenvalue weighted by Crippen LogP contribution is 2.23. The standard InChI is InChI=1S/C10H8BrNOS/c1-6-9(12-10(13)14-6)7-2-4-8(11)5-3-7/h2-5H,1H3,(H,12,13). The zero-order valence-corrected chi connectivity index (χ0v) is 9.91. The molecule has 1 aromatic heterocycles. The Bertz CT molecular complexity index is 498. The van der Waals surface area contributed by atoms with Crippen molar-refractivity contribution in [3.8, 4) is 11.3 Å². The monoisotopic (exact) mass is 269 g/mol. The largest absolute Gasteiger partial charge is 0.312 e. The van der Waals surface area contributed by atoms with Crippen molar-refractivity contribution in [2.24, 2.45) is 0 Å². The van der Waals surface area contributed by atoms with Gasteiger partial charge in [-0.3, -0.25) is 4.79 Å². The van der Waals surface area contributed by atoms with Crippen molar-refractivity contribution in [1.29, 1.82) is 0 Å². The number of nitrogens with one attached hydrogen (secondary N) is 1. The molecule has 0 bridgehead atoms. The highest BCUT2D eigenvalue weighted by Gasteiger charge is 2.05. The fourth-order valence-corrected chi connectivity index (χ4v) is 2.26. The van der Waals surface area contributed by atoms with Gasteiger partial charge < -0.3 is 4.98 Å². The van der Waals surface area contributed by atoms with Gasteiger partial charge in [0.05, 0.1) is 5.69 Å². The average Bonchev–Trinajstić information content (AvgIpc) is 2.47. The Morgan fingerprint density at radius 2 is 1.93 bits per heavy atom. The summed E-state index contributed by atoms with van der Waals surface area (Å²) in [5.74, 6) is 0. The predicted molar refractivity (Wildman–Crippen MR) is 62.8 cm³/mol. The molecule has 0 aliphatic heterocycles. The van der Waals surface area contributed by atoms with E-state index >= 15 is 0 Å². The number of rotatable bonds is 1. The van der Waals surface area contributed by atoms with Gasteiger partial charge in [-0.15, -0.1) is 0 Å². The van der Waals surface area contributed by atoms with Crippen LogP contribution in [0.25, 0.3) is 11.3 Å². The third kappa shape index (κ3) is 1.81. The van der Waals surface area contributed by atoms with Gasteiger partial charge in [-0.2, -0.15) is 0 Å². The molecule has 0 radical (unpaired) electrons. The van der Waals surface area contributed by atoms with Crippen LogP contribution in [-0.4, -0.2) is 4.98 Å². The maximum absolute atomic E-state index is 11.1. The van der Waals surface area contributed by atoms with E-state index in [1.54, 1.807) is 0 Å². The first-order valence-electron chi connectivity index (χ1n) is 4.12. The van der Waals surface area contributed by atoms with Crippen LogP contribution in [0.2, 0.25) is 0 Å². The molecule has 0 saturated carbocycles. The van der Waals surface area contributed by atoms with Gasteiger partial charge in [0.1, 0.15) is 0 Å². The van der Waals surface area contributed by atoms with Crippen LogP contribution in [0.3, 0.4) is 0 Å². The van der Waals surface area contributed by atoms with Gasteiger partial charge >= 0.3 is 4.87 Å². The van der Waals surface area contributed by atoms with Crippen LogP contribution < -0.4 is 4.87 Å². The third-order valence-electron chi connectivity index (χ3n) is 1.96. The van der Waals surface area contributed by atoms with Crippen LogP contribution in [0, 0.1) is 6.92 Å². The molecule has 2 rings (SSSR count). The molecule has 0 saturated heterocycles. The first kappa shape index (κ1) is 9.68. The topological polar surface area (TPSA) is 32.9 Å². The molecule has 0 atom stereocenters. The molecule has 0 aliphatic rings. The van der Waals surface area contributed by atoms with E-state index in [9.17, 15) is 4.79 Å². The molecule has 2 nitrogen and oxygen atoms in total. The molecule has 1 N–H and O–H groups in total. The number of aromatic nitrogens is 1. The highest BCUT2D eigenvalue weighted by molar-refractivity contribution is 9.10. The predicted octanol–water partition coefficient (Wildman–Crippen LogP) is 3.17. The minimum absolute atomic E-state index is 0.000388. The summed E-state index contributed by atoms with van der Waals surface area (Å²) in [6.45, 7) is 1.94. The lowest BCUT2D eigenvalue weighted by atomic mass is 10.1. The normalized spacial score (nSPS) is 10.4. The molecular weight excluding hydrogens is 262 g/mol. The van der Waals surface area contributed by atoms with E-state index in [1.807, 2.05) is 31.2 Å². The summed E-state index contributed by atoms with van der Waals surface area (Å²) < 4.78 is 1.04. The molecule has 0 spiro atoms. The second-order valence-electron chi connectivity index (χ2n) is 2.95. The Balaban J connectivity index is 2.54. The number of thiazole rings is 1. The average molecular weight is 270 g/mol. The summed E-state index contributed by atoms with van der Waals surface area (Å²) in [4.78, 5) is 15.0. The summed E-state index contributed by atoms with van der Waals surface area (Å²) >= 11 is 4.62. The van der Waals surface area contributed by atoms with Gasteiger partial charge in [-0.05, 0) is 24.6 Å². The van der Waals surface area contributed by atoms with E-state index in [4.69, 9.17) is 0 Å². The lowest BCUT2D eigenvalue weighted by molar-refractivity contribution is 1.32. The molecule has 1 aromatic carbocycles. The number of aryl methyl sites for hydroxylation is 1. The van der Waals surface area contributed by atoms with Gasteiger partial charge in [0.2, 0.25) is 0 Å². The fourth-order valence-electron chi connectivity index (χ4n) is 1.30. The summed E-state index contributed by atoms with van der Waals surface area (Å²) in [6.07, 6.45) is 0. The molecule has 0 aliphatic carbocycles. The van der Waals surface area contributed by atoms with E-state index in [1.165, 1.54) is 11.3 Å². The molecule has 1 heterocycles. The van der Waals surface area contributed by atoms with Crippen molar-refractivity contribution in [3.63, 3.8) is 0 Å². The summed E-state index contributed by atoms with van der Waals surface area (Å²) in [5.41, 5.74) is 1.97. The Kier molecular flexibility index (Phi) is 2.56. The molecule has 0 amide bonds. The molecule has 14 heavy (non-hydrogen) atoms. The van der Waals surface area contributed by atoms with E-state index in [0.717, 1.165) is 20.6 Å². The Labute approximate surface area is 93.7 Å². The Hall–Kier alpha value is -0.870. The van der Waals surface area contributed by atoms with Crippen molar-refractivity contribution in [3.05, 3.63) is 43.3 Å². The van der Waals surface area contributed by atoms with Crippen molar-refractivity contribution in [1.82, 2.24) is 4.98 Å². The van der Waals surface area contributed by atoms with Crippen LogP contribution in [0.1, 0.15) is 4.88 Å². The van der Waals surface area contributed by atoms with E-state index in [0.29, 0.717) is 0 Å². The van der Waals surface area contributed by atoms with E-state index < -0.39 is 0 Å². The van der Waals surface area contributed by atoms with Gasteiger partial charge in [0.25, 0.3) is 0 Å². The summed E-state index contributed by atoms with van der Waals surface area (Å²) in [5, 5.41) is 0. The number of hydrogen-bond acceptors (Lipinski definition) is 2. The number of halogens is 1. The maximum atomic E-state index is 11.1. The molecular formula is C10H8BrNOS. The third-order valence-corrected chi connectivity index (χ3v) is 3.28. The summed E-state index contributed by atoms with van der Waals surface area (Å²) in [6, 6.07) is 7.89. The number of benzene rings is 1. The van der Waals surface area contributed by atoms with E-state index in [2.05, 4.69) is 20.9 Å². The maximum Gasteiger partial charge on any atom is 0.305 e. The van der Waals surface area contributed by atoms with Crippen LogP contribution in [-0.2, 0) is 0 Å². The number of hydrogen-bond donors (Lipinski definition) is 1. The first-order chi connectivity index (χ1) is 6.66. The quantitative estimate of drug-likeness (QED) is 0.848. The smallest absolute Gasteiger partial charge is 0.305 e. The van der Waals surface area contributed by atoms with E-state index in [-0.39, 0.29) is 4.87 Å². The molecule has 0 fully saturated rings. The number of aromatic amines is 1. The Morgan fingerprint density at radius 3 is 2.43 bits per heavy atom. The minimum atomic E-state index is 0.000388. The number of H-pyrrole nitrogens is 1. The lowest BCUT2D eigenvalue weighted by Gasteiger charge is -1.98. The summed E-state index contributed by atoms with van der Waals surface area (Å²) in [7, 11) is 0. The van der Waals surface area contributed by atoms with Crippen molar-refractivity contribution >= 4 is 27.3 Å². The Morgan fingerprint density at radius 1 is 1.29 bits per heavy atom. The SMILES string of the molecule is Cc1sc(=O)[nH]c1-c1ccc(Br)cc1. The van der Waals surface area contributed by atoms with Crippen LogP contribution >= 0.6 is 27.3 Å². The highest BCUT2D eigenvalue weighted by atomic mass is 79.9. The second-order valence-corrected chi connectivity index (χ2v) is 5.06. The minimum Gasteiger partial charge on any atom is -0.312 e. The van der Waals surface area contributed by atoms with Crippen LogP contribution in [0.5, 0.6) is 0 Å². The van der Waals surface area contributed by atoms with Crippen molar-refractivity contribution < 1.29 is 0 Å². The molecule has 0 unspecified atom stereocenters. The van der Waals surface area contributed by atoms with Gasteiger partial charge in [-0.25, -0.2) is 0 Å². The molecule has 72 valence electrons. The van der Waals surface area contributed by atoms with Crippen molar-refractivity contribution in [2.75, 3.05) is 0 Å². The zero-order chi connectivity index (χ0) is 10.1. The van der Waals surface area contributed by atoms with Crippen LogP contribution in [0.15, 0.2) is 33.5 Å². The fraction of sp³-hybridized carbons (Fsp3) is 0.100. The molecule has 4 heteroatoms. The van der Waals surface area contributed by atoms with Crippen molar-refractivity contribution in [2.45, 2.75) is 6.92 Å². The van der Waals surface area contributed by atoms with Gasteiger partial charge in [-0.1, -0.05) is 39.4 Å². The van der Waals surface area contributed by atoms with Gasteiger partial charge in [0, 0.05) is 9.35 Å². The van der Waals surface area contributed by atoms with Crippen LogP contribution in [0.4, 0.5) is 0 Å². The molecule has 2 aromatic rings. The van der Waals surface area contributed by atoms with Gasteiger partial charge in [0.15, 0.2) is 0 Å². The zero-order valence-electron chi connectivity index (χ0n) is 7.50.